The standard InChI is InChI=1S/C15H11BrN2O2/c1-9-5-6-10(7-12(9)16)18-8-17-13-4-2-3-11(14(13)18)15(19)20/h2-8H,1H3,(H,19,20). The zero-order chi connectivity index (χ0) is 14.3. The molecule has 2 aromatic carbocycles. The van der Waals surface area contributed by atoms with E-state index in [1.807, 2.05) is 31.2 Å². The second-order valence-electron chi connectivity index (χ2n) is 4.53. The summed E-state index contributed by atoms with van der Waals surface area (Å²) in [5.74, 6) is -0.955. The van der Waals surface area contributed by atoms with Gasteiger partial charge in [0.1, 0.15) is 6.33 Å². The predicted octanol–water partition coefficient (Wildman–Crippen LogP) is 3.79. The molecule has 0 aliphatic rings. The Kier molecular flexibility index (Phi) is 3.06. The van der Waals surface area contributed by atoms with E-state index in [-0.39, 0.29) is 5.56 Å². The number of hydrogen-bond donors (Lipinski definition) is 1. The number of hydrogen-bond acceptors (Lipinski definition) is 2. The smallest absolute Gasteiger partial charge is 0.337 e. The molecule has 3 rings (SSSR count). The van der Waals surface area contributed by atoms with Crippen LogP contribution in [0.25, 0.3) is 16.7 Å². The van der Waals surface area contributed by atoms with Crippen LogP contribution in [0.5, 0.6) is 0 Å². The molecular weight excluding hydrogens is 320 g/mol. The van der Waals surface area contributed by atoms with Gasteiger partial charge in [-0.1, -0.05) is 28.1 Å². The first-order valence-corrected chi connectivity index (χ1v) is 6.83. The molecule has 0 spiro atoms. The van der Waals surface area contributed by atoms with Crippen molar-refractivity contribution >= 4 is 32.9 Å². The molecule has 0 bridgehead atoms. The summed E-state index contributed by atoms with van der Waals surface area (Å²) >= 11 is 3.49. The average molecular weight is 331 g/mol. The Labute approximate surface area is 123 Å². The third-order valence-electron chi connectivity index (χ3n) is 3.23. The van der Waals surface area contributed by atoms with Crippen LogP contribution >= 0.6 is 15.9 Å². The summed E-state index contributed by atoms with van der Waals surface area (Å²) in [6.07, 6.45) is 1.65. The number of fused-ring (bicyclic) bond motifs is 1. The summed E-state index contributed by atoms with van der Waals surface area (Å²) in [5.41, 5.74) is 3.52. The van der Waals surface area contributed by atoms with E-state index in [1.54, 1.807) is 23.0 Å². The minimum Gasteiger partial charge on any atom is -0.478 e. The lowest BCUT2D eigenvalue weighted by Crippen LogP contribution is -2.01. The number of aryl methyl sites for hydroxylation is 1. The largest absolute Gasteiger partial charge is 0.478 e. The van der Waals surface area contributed by atoms with Crippen molar-refractivity contribution in [2.45, 2.75) is 6.92 Å². The van der Waals surface area contributed by atoms with Gasteiger partial charge in [-0.3, -0.25) is 4.57 Å². The first-order valence-electron chi connectivity index (χ1n) is 6.04. The lowest BCUT2D eigenvalue weighted by atomic mass is 10.1. The van der Waals surface area contributed by atoms with Crippen LogP contribution in [0.2, 0.25) is 0 Å². The monoisotopic (exact) mass is 330 g/mol. The van der Waals surface area contributed by atoms with Gasteiger partial charge in [-0.15, -0.1) is 0 Å². The highest BCUT2D eigenvalue weighted by Crippen LogP contribution is 2.25. The highest BCUT2D eigenvalue weighted by atomic mass is 79.9. The molecule has 1 aromatic heterocycles. The third kappa shape index (κ3) is 2.00. The van der Waals surface area contributed by atoms with Crippen LogP contribution in [0.15, 0.2) is 47.2 Å². The summed E-state index contributed by atoms with van der Waals surface area (Å²) < 4.78 is 2.77. The number of imidazole rings is 1. The molecule has 5 heteroatoms. The Bertz CT molecular complexity index is 824. The molecule has 0 aliphatic heterocycles. The van der Waals surface area contributed by atoms with Crippen molar-refractivity contribution in [3.8, 4) is 5.69 Å². The number of nitrogens with zero attached hydrogens (tertiary/aromatic N) is 2. The van der Waals surface area contributed by atoms with Gasteiger partial charge < -0.3 is 5.11 Å². The van der Waals surface area contributed by atoms with E-state index in [1.165, 1.54) is 0 Å². The van der Waals surface area contributed by atoms with E-state index in [4.69, 9.17) is 0 Å². The molecule has 4 nitrogen and oxygen atoms in total. The molecule has 0 atom stereocenters. The van der Waals surface area contributed by atoms with E-state index in [0.717, 1.165) is 15.7 Å². The van der Waals surface area contributed by atoms with Gasteiger partial charge in [-0.2, -0.15) is 0 Å². The van der Waals surface area contributed by atoms with Crippen molar-refractivity contribution in [2.24, 2.45) is 0 Å². The maximum absolute atomic E-state index is 11.4. The van der Waals surface area contributed by atoms with Crippen molar-refractivity contribution < 1.29 is 9.90 Å². The maximum Gasteiger partial charge on any atom is 0.337 e. The molecule has 0 radical (unpaired) electrons. The second-order valence-corrected chi connectivity index (χ2v) is 5.38. The van der Waals surface area contributed by atoms with E-state index >= 15 is 0 Å². The number of carboxylic acids is 1. The fourth-order valence-electron chi connectivity index (χ4n) is 2.17. The quantitative estimate of drug-likeness (QED) is 0.777. The van der Waals surface area contributed by atoms with E-state index in [0.29, 0.717) is 11.0 Å². The Morgan fingerprint density at radius 1 is 1.30 bits per heavy atom. The fraction of sp³-hybridized carbons (Fsp3) is 0.0667. The van der Waals surface area contributed by atoms with Gasteiger partial charge in [0.2, 0.25) is 0 Å². The van der Waals surface area contributed by atoms with Crippen LogP contribution < -0.4 is 0 Å². The highest BCUT2D eigenvalue weighted by molar-refractivity contribution is 9.10. The van der Waals surface area contributed by atoms with Crippen LogP contribution in [0.3, 0.4) is 0 Å². The molecule has 0 unspecified atom stereocenters. The van der Waals surface area contributed by atoms with E-state index in [2.05, 4.69) is 20.9 Å². The minimum absolute atomic E-state index is 0.247. The molecule has 1 N–H and O–H groups in total. The first kappa shape index (κ1) is 12.9. The van der Waals surface area contributed by atoms with Gasteiger partial charge in [0, 0.05) is 10.2 Å². The van der Waals surface area contributed by atoms with Crippen LogP contribution in [0, 0.1) is 6.92 Å². The second kappa shape index (κ2) is 4.76. The van der Waals surface area contributed by atoms with E-state index < -0.39 is 5.97 Å². The lowest BCUT2D eigenvalue weighted by molar-refractivity contribution is 0.0698. The van der Waals surface area contributed by atoms with Crippen LogP contribution in [0.1, 0.15) is 15.9 Å². The third-order valence-corrected chi connectivity index (χ3v) is 4.09. The molecule has 100 valence electrons. The van der Waals surface area contributed by atoms with Crippen LogP contribution in [-0.4, -0.2) is 20.6 Å². The molecule has 0 fully saturated rings. The number of carbonyl (C=O) groups is 1. The number of benzene rings is 2. The van der Waals surface area contributed by atoms with Crippen molar-refractivity contribution in [1.29, 1.82) is 0 Å². The average Bonchev–Trinajstić information content (AvgIpc) is 2.85. The van der Waals surface area contributed by atoms with Crippen LogP contribution in [-0.2, 0) is 0 Å². The normalized spacial score (nSPS) is 10.9. The van der Waals surface area contributed by atoms with Gasteiger partial charge >= 0.3 is 5.97 Å². The molecule has 0 amide bonds. The highest BCUT2D eigenvalue weighted by Gasteiger charge is 2.14. The van der Waals surface area contributed by atoms with Gasteiger partial charge in [0.15, 0.2) is 0 Å². The summed E-state index contributed by atoms with van der Waals surface area (Å²) in [5, 5.41) is 9.32. The van der Waals surface area contributed by atoms with Crippen molar-refractivity contribution in [2.75, 3.05) is 0 Å². The number of halogens is 1. The summed E-state index contributed by atoms with van der Waals surface area (Å²) in [4.78, 5) is 15.6. The number of rotatable bonds is 2. The molecule has 0 saturated carbocycles. The number of aromatic carboxylic acids is 1. The zero-order valence-electron chi connectivity index (χ0n) is 10.7. The van der Waals surface area contributed by atoms with Gasteiger partial charge in [-0.05, 0) is 36.8 Å². The van der Waals surface area contributed by atoms with E-state index in [9.17, 15) is 9.90 Å². The van der Waals surface area contributed by atoms with Crippen molar-refractivity contribution in [3.63, 3.8) is 0 Å². The molecule has 20 heavy (non-hydrogen) atoms. The minimum atomic E-state index is -0.955. The SMILES string of the molecule is Cc1ccc(-n2cnc3cccc(C(=O)O)c32)cc1Br. The summed E-state index contributed by atoms with van der Waals surface area (Å²) in [6.45, 7) is 2.00. The van der Waals surface area contributed by atoms with Crippen LogP contribution in [0.4, 0.5) is 0 Å². The van der Waals surface area contributed by atoms with Gasteiger partial charge in [0.25, 0.3) is 0 Å². The maximum atomic E-state index is 11.4. The first-order chi connectivity index (χ1) is 9.58. The zero-order valence-corrected chi connectivity index (χ0v) is 12.3. The predicted molar refractivity (Wildman–Crippen MR) is 80.5 cm³/mol. The lowest BCUT2D eigenvalue weighted by Gasteiger charge is -2.08. The number of para-hydroxylation sites is 1. The molecule has 0 aliphatic carbocycles. The van der Waals surface area contributed by atoms with Gasteiger partial charge in [-0.25, -0.2) is 9.78 Å². The number of aromatic nitrogens is 2. The summed E-state index contributed by atoms with van der Waals surface area (Å²) in [7, 11) is 0. The molecule has 3 aromatic rings. The Hall–Kier alpha value is -2.14. The molecule has 0 saturated heterocycles. The van der Waals surface area contributed by atoms with Gasteiger partial charge in [0.05, 0.1) is 16.6 Å². The Balaban J connectivity index is 2.31. The molecule has 1 heterocycles. The topological polar surface area (TPSA) is 55.1 Å². The van der Waals surface area contributed by atoms with Crippen molar-refractivity contribution in [1.82, 2.24) is 9.55 Å². The Morgan fingerprint density at radius 3 is 2.80 bits per heavy atom. The summed E-state index contributed by atoms with van der Waals surface area (Å²) in [6, 6.07) is 11.0. The Morgan fingerprint density at radius 2 is 2.10 bits per heavy atom. The number of carboxylic acid groups (broad SMARTS) is 1. The fourth-order valence-corrected chi connectivity index (χ4v) is 2.53. The van der Waals surface area contributed by atoms with Crippen molar-refractivity contribution in [3.05, 3.63) is 58.3 Å². The molecular formula is C15H11BrN2O2.